The van der Waals surface area contributed by atoms with E-state index in [0.29, 0.717) is 4.47 Å². The summed E-state index contributed by atoms with van der Waals surface area (Å²) in [7, 11) is 3.53. The summed E-state index contributed by atoms with van der Waals surface area (Å²) >= 11 is 3.28. The summed E-state index contributed by atoms with van der Waals surface area (Å²) in [6, 6.07) is 0. The molecule has 7 heteroatoms. The van der Waals surface area contributed by atoms with Crippen LogP contribution < -0.4 is 10.9 Å². The average Bonchev–Trinajstić information content (AvgIpc) is 2.80. The Labute approximate surface area is 119 Å². The molecule has 0 aliphatic carbocycles. The van der Waals surface area contributed by atoms with Gasteiger partial charge < -0.3 is 5.32 Å². The lowest BCUT2D eigenvalue weighted by atomic mass is 10.2. The molecule has 6 nitrogen and oxygen atoms in total. The van der Waals surface area contributed by atoms with Crippen molar-refractivity contribution in [2.45, 2.75) is 12.8 Å². The van der Waals surface area contributed by atoms with E-state index in [1.165, 1.54) is 10.2 Å². The molecule has 0 saturated carbocycles. The summed E-state index contributed by atoms with van der Waals surface area (Å²) in [6.07, 6.45) is 7.45. The van der Waals surface area contributed by atoms with E-state index in [9.17, 15) is 4.79 Å². The molecule has 2 rings (SSSR count). The van der Waals surface area contributed by atoms with E-state index >= 15 is 0 Å². The molecule has 0 atom stereocenters. The molecule has 19 heavy (non-hydrogen) atoms. The summed E-state index contributed by atoms with van der Waals surface area (Å²) in [5.74, 6) is 0. The van der Waals surface area contributed by atoms with Crippen LogP contribution in [-0.2, 0) is 20.5 Å². The van der Waals surface area contributed by atoms with E-state index in [1.807, 2.05) is 19.4 Å². The van der Waals surface area contributed by atoms with Gasteiger partial charge in [-0.05, 0) is 34.3 Å². The fourth-order valence-electron chi connectivity index (χ4n) is 1.75. The fraction of sp³-hybridized carbons (Fsp3) is 0.417. The van der Waals surface area contributed by atoms with Crippen LogP contribution in [0, 0.1) is 0 Å². The normalized spacial score (nSPS) is 10.7. The molecular weight excluding hydrogens is 310 g/mol. The highest BCUT2D eigenvalue weighted by Crippen LogP contribution is 2.15. The Bertz CT molecular complexity index is 619. The Morgan fingerprint density at radius 3 is 2.79 bits per heavy atom. The number of aryl methyl sites for hydroxylation is 3. The SMILES string of the molecule is Cn1cc(CCCNc2cnn(C)c(=O)c2Br)cn1. The first-order valence-corrected chi connectivity index (χ1v) is 6.80. The molecule has 0 aromatic carbocycles. The zero-order valence-corrected chi connectivity index (χ0v) is 12.5. The van der Waals surface area contributed by atoms with E-state index in [2.05, 4.69) is 31.4 Å². The molecule has 2 heterocycles. The van der Waals surface area contributed by atoms with E-state index < -0.39 is 0 Å². The van der Waals surface area contributed by atoms with Gasteiger partial charge in [0.1, 0.15) is 4.47 Å². The van der Waals surface area contributed by atoms with E-state index in [4.69, 9.17) is 0 Å². The second-order valence-electron chi connectivity index (χ2n) is 4.35. The second kappa shape index (κ2) is 6.01. The zero-order valence-electron chi connectivity index (χ0n) is 10.9. The van der Waals surface area contributed by atoms with Gasteiger partial charge >= 0.3 is 0 Å². The third-order valence-electron chi connectivity index (χ3n) is 2.79. The summed E-state index contributed by atoms with van der Waals surface area (Å²) in [4.78, 5) is 11.6. The van der Waals surface area contributed by atoms with Crippen LogP contribution in [0.25, 0.3) is 0 Å². The second-order valence-corrected chi connectivity index (χ2v) is 5.15. The average molecular weight is 326 g/mol. The van der Waals surface area contributed by atoms with E-state index in [1.54, 1.807) is 17.9 Å². The fourth-order valence-corrected chi connectivity index (χ4v) is 2.25. The van der Waals surface area contributed by atoms with Crippen molar-refractivity contribution in [3.05, 3.63) is 39.0 Å². The summed E-state index contributed by atoms with van der Waals surface area (Å²) in [5, 5.41) is 11.3. The number of nitrogens with one attached hydrogen (secondary N) is 1. The van der Waals surface area contributed by atoms with Gasteiger partial charge in [-0.25, -0.2) is 4.68 Å². The number of anilines is 1. The molecule has 0 radical (unpaired) electrons. The van der Waals surface area contributed by atoms with Gasteiger partial charge in [0, 0.05) is 26.8 Å². The van der Waals surface area contributed by atoms with Gasteiger partial charge in [0.25, 0.3) is 5.56 Å². The van der Waals surface area contributed by atoms with Crippen LogP contribution in [0.3, 0.4) is 0 Å². The highest BCUT2D eigenvalue weighted by molar-refractivity contribution is 9.10. The molecule has 2 aromatic heterocycles. The van der Waals surface area contributed by atoms with Crippen molar-refractivity contribution in [2.75, 3.05) is 11.9 Å². The quantitative estimate of drug-likeness (QED) is 0.842. The Kier molecular flexibility index (Phi) is 4.36. The maximum absolute atomic E-state index is 11.6. The van der Waals surface area contributed by atoms with Gasteiger partial charge in [-0.3, -0.25) is 9.48 Å². The van der Waals surface area contributed by atoms with Gasteiger partial charge in [0.05, 0.1) is 18.1 Å². The molecule has 1 N–H and O–H groups in total. The largest absolute Gasteiger partial charge is 0.383 e. The van der Waals surface area contributed by atoms with E-state index in [-0.39, 0.29) is 5.56 Å². The Balaban J connectivity index is 1.86. The van der Waals surface area contributed by atoms with Crippen LogP contribution in [0.1, 0.15) is 12.0 Å². The van der Waals surface area contributed by atoms with Crippen LogP contribution >= 0.6 is 15.9 Å². The van der Waals surface area contributed by atoms with Gasteiger partial charge in [-0.15, -0.1) is 0 Å². The number of halogens is 1. The first-order valence-electron chi connectivity index (χ1n) is 6.01. The maximum atomic E-state index is 11.6. The summed E-state index contributed by atoms with van der Waals surface area (Å²) in [5.41, 5.74) is 1.80. The van der Waals surface area contributed by atoms with Gasteiger partial charge in [0.2, 0.25) is 0 Å². The van der Waals surface area contributed by atoms with Crippen molar-refractivity contribution < 1.29 is 0 Å². The van der Waals surface area contributed by atoms with Gasteiger partial charge in [0.15, 0.2) is 0 Å². The van der Waals surface area contributed by atoms with Gasteiger partial charge in [-0.1, -0.05) is 0 Å². The van der Waals surface area contributed by atoms with Crippen LogP contribution in [0.4, 0.5) is 5.69 Å². The minimum Gasteiger partial charge on any atom is -0.383 e. The van der Waals surface area contributed by atoms with Crippen LogP contribution in [0.2, 0.25) is 0 Å². The topological polar surface area (TPSA) is 64.7 Å². The lowest BCUT2D eigenvalue weighted by molar-refractivity contribution is 0.702. The highest BCUT2D eigenvalue weighted by atomic mass is 79.9. The van der Waals surface area contributed by atoms with Crippen LogP contribution in [0.5, 0.6) is 0 Å². The number of hydrogen-bond donors (Lipinski definition) is 1. The predicted octanol–water partition coefficient (Wildman–Crippen LogP) is 1.32. The van der Waals surface area contributed by atoms with Crippen molar-refractivity contribution in [1.82, 2.24) is 19.6 Å². The molecule has 0 fully saturated rings. The minimum atomic E-state index is -0.141. The molecule has 0 saturated heterocycles. The van der Waals surface area contributed by atoms with E-state index in [0.717, 1.165) is 25.1 Å². The summed E-state index contributed by atoms with van der Waals surface area (Å²) in [6.45, 7) is 0.780. The first kappa shape index (κ1) is 13.8. The smallest absolute Gasteiger partial charge is 0.282 e. The first-order chi connectivity index (χ1) is 9.08. The molecule has 0 amide bonds. The Hall–Kier alpha value is -1.63. The molecule has 0 unspecified atom stereocenters. The summed E-state index contributed by atoms with van der Waals surface area (Å²) < 4.78 is 3.61. The number of aromatic nitrogens is 4. The van der Waals surface area contributed by atoms with Crippen LogP contribution in [0.15, 0.2) is 27.9 Å². The molecule has 0 aliphatic heterocycles. The third kappa shape index (κ3) is 3.44. The molecule has 2 aromatic rings. The van der Waals surface area contributed by atoms with Crippen molar-refractivity contribution in [3.8, 4) is 0 Å². The zero-order chi connectivity index (χ0) is 13.8. The van der Waals surface area contributed by atoms with Crippen molar-refractivity contribution in [2.24, 2.45) is 14.1 Å². The molecule has 0 bridgehead atoms. The lowest BCUT2D eigenvalue weighted by Crippen LogP contribution is -2.21. The maximum Gasteiger partial charge on any atom is 0.282 e. The molecule has 102 valence electrons. The predicted molar refractivity (Wildman–Crippen MR) is 77.2 cm³/mol. The lowest BCUT2D eigenvalue weighted by Gasteiger charge is -2.08. The minimum absolute atomic E-state index is 0.141. The highest BCUT2D eigenvalue weighted by Gasteiger charge is 2.05. The van der Waals surface area contributed by atoms with Crippen molar-refractivity contribution in [3.63, 3.8) is 0 Å². The van der Waals surface area contributed by atoms with Gasteiger partial charge in [-0.2, -0.15) is 10.2 Å². The third-order valence-corrected chi connectivity index (χ3v) is 3.56. The number of hydrogen-bond acceptors (Lipinski definition) is 4. The van der Waals surface area contributed by atoms with Crippen LogP contribution in [-0.4, -0.2) is 26.1 Å². The Morgan fingerprint density at radius 2 is 2.11 bits per heavy atom. The van der Waals surface area contributed by atoms with Crippen molar-refractivity contribution >= 4 is 21.6 Å². The monoisotopic (exact) mass is 325 g/mol. The molecule has 0 aliphatic rings. The molecular formula is C12H16BrN5O. The van der Waals surface area contributed by atoms with Crippen molar-refractivity contribution in [1.29, 1.82) is 0 Å². The standard InChI is InChI=1S/C12H16BrN5O/c1-17-8-9(6-15-17)4-3-5-14-10-7-16-18(2)12(19)11(10)13/h6-8,14H,3-5H2,1-2H3. The number of rotatable bonds is 5. The Morgan fingerprint density at radius 1 is 1.32 bits per heavy atom. The number of nitrogens with zero attached hydrogens (tertiary/aromatic N) is 4. The molecule has 0 spiro atoms.